The van der Waals surface area contributed by atoms with E-state index in [0.717, 1.165) is 67.2 Å². The number of benzene rings is 2. The van der Waals surface area contributed by atoms with Crippen LogP contribution in [0.5, 0.6) is 0 Å². The van der Waals surface area contributed by atoms with Crippen molar-refractivity contribution in [3.8, 4) is 0 Å². The molecule has 2 amide bonds. The molecule has 1 saturated heterocycles. The smallest absolute Gasteiger partial charge is 0.255 e. The normalized spacial score (nSPS) is 17.8. The molecular formula is C33H39ClN4O2. The lowest BCUT2D eigenvalue weighted by Crippen LogP contribution is -2.48. The Bertz CT molecular complexity index is 1380. The molecule has 2 aliphatic heterocycles. The van der Waals surface area contributed by atoms with Crippen LogP contribution >= 0.6 is 11.6 Å². The topological polar surface area (TPSA) is 65.5 Å². The van der Waals surface area contributed by atoms with Crippen molar-refractivity contribution in [1.29, 1.82) is 0 Å². The van der Waals surface area contributed by atoms with Crippen LogP contribution in [-0.4, -0.2) is 45.7 Å². The standard InChI is InChI=1S/C33H39ClN4O2/c1-4-5-6-9-24-19-23(3)35-30(20-24)36-32(39)31-27-10-7-8-11-28(27)33(40)38(31)26-14-16-37(17-15-26)21-25-12-13-29(34)22(2)18-25/h7-8,10-13,18-20,26,31H,4-6,9,14-17,21H2,1-3H3,(H,35,36,39)/t31-/m0/s1. The lowest BCUT2D eigenvalue weighted by Gasteiger charge is -2.39. The number of piperidine rings is 1. The molecule has 1 aromatic heterocycles. The minimum absolute atomic E-state index is 0.00562. The molecular weight excluding hydrogens is 520 g/mol. The van der Waals surface area contributed by atoms with E-state index in [2.05, 4.69) is 40.3 Å². The summed E-state index contributed by atoms with van der Waals surface area (Å²) in [6, 6.07) is 17.1. The molecule has 2 aromatic carbocycles. The highest BCUT2D eigenvalue weighted by atomic mass is 35.5. The zero-order valence-electron chi connectivity index (χ0n) is 23.8. The van der Waals surface area contributed by atoms with E-state index in [9.17, 15) is 9.59 Å². The summed E-state index contributed by atoms with van der Waals surface area (Å²) >= 11 is 6.21. The number of nitrogens with zero attached hydrogens (tertiary/aromatic N) is 3. The summed E-state index contributed by atoms with van der Waals surface area (Å²) in [7, 11) is 0. The molecule has 1 N–H and O–H groups in total. The van der Waals surface area contributed by atoms with Gasteiger partial charge in [0, 0.05) is 42.0 Å². The molecule has 3 aromatic rings. The Morgan fingerprint density at radius 1 is 1.02 bits per heavy atom. The zero-order valence-corrected chi connectivity index (χ0v) is 24.5. The Hall–Kier alpha value is -3.22. The predicted molar refractivity (Wildman–Crippen MR) is 161 cm³/mol. The summed E-state index contributed by atoms with van der Waals surface area (Å²) in [4.78, 5) is 36.4. The number of rotatable bonds is 9. The second-order valence-electron chi connectivity index (χ2n) is 11.2. The van der Waals surface area contributed by atoms with Gasteiger partial charge in [0.25, 0.3) is 11.8 Å². The number of aromatic nitrogens is 1. The number of hydrogen-bond acceptors (Lipinski definition) is 4. The lowest BCUT2D eigenvalue weighted by molar-refractivity contribution is -0.121. The minimum Gasteiger partial charge on any atom is -0.319 e. The molecule has 7 heteroatoms. The van der Waals surface area contributed by atoms with Crippen LogP contribution in [-0.2, 0) is 17.8 Å². The van der Waals surface area contributed by atoms with E-state index < -0.39 is 6.04 Å². The van der Waals surface area contributed by atoms with Crippen LogP contribution in [0.4, 0.5) is 5.82 Å². The average Bonchev–Trinajstić information content (AvgIpc) is 3.23. The number of amides is 2. The van der Waals surface area contributed by atoms with Crippen LogP contribution in [0, 0.1) is 13.8 Å². The number of carbonyl (C=O) groups excluding carboxylic acids is 2. The van der Waals surface area contributed by atoms with E-state index in [1.165, 1.54) is 24.0 Å². The third kappa shape index (κ3) is 6.24. The van der Waals surface area contributed by atoms with Gasteiger partial charge in [-0.3, -0.25) is 14.5 Å². The minimum atomic E-state index is -0.662. The Labute approximate surface area is 242 Å². The summed E-state index contributed by atoms with van der Waals surface area (Å²) in [5.74, 6) is 0.302. The van der Waals surface area contributed by atoms with Gasteiger partial charge in [-0.1, -0.05) is 61.7 Å². The highest BCUT2D eigenvalue weighted by Gasteiger charge is 2.45. The highest BCUT2D eigenvalue weighted by Crippen LogP contribution is 2.38. The molecule has 0 bridgehead atoms. The van der Waals surface area contributed by atoms with Crippen LogP contribution in [0.1, 0.15) is 83.4 Å². The summed E-state index contributed by atoms with van der Waals surface area (Å²) < 4.78 is 0. The van der Waals surface area contributed by atoms with Crippen molar-refractivity contribution >= 4 is 29.2 Å². The fraction of sp³-hybridized carbons (Fsp3) is 0.424. The van der Waals surface area contributed by atoms with E-state index in [4.69, 9.17) is 11.6 Å². The number of nitrogens with one attached hydrogen (secondary N) is 1. The number of fused-ring (bicyclic) bond motifs is 1. The molecule has 2 aliphatic rings. The van der Waals surface area contributed by atoms with E-state index in [1.54, 1.807) is 0 Å². The monoisotopic (exact) mass is 558 g/mol. The number of pyridine rings is 1. The molecule has 3 heterocycles. The van der Waals surface area contributed by atoms with Gasteiger partial charge in [0.2, 0.25) is 0 Å². The van der Waals surface area contributed by atoms with Crippen molar-refractivity contribution < 1.29 is 9.59 Å². The van der Waals surface area contributed by atoms with Gasteiger partial charge in [0.05, 0.1) is 0 Å². The first-order chi connectivity index (χ1) is 19.3. The maximum absolute atomic E-state index is 13.9. The molecule has 5 rings (SSSR count). The van der Waals surface area contributed by atoms with Crippen molar-refractivity contribution in [2.75, 3.05) is 18.4 Å². The molecule has 6 nitrogen and oxygen atoms in total. The Morgan fingerprint density at radius 2 is 1.80 bits per heavy atom. The van der Waals surface area contributed by atoms with Gasteiger partial charge in [-0.05, 0) is 86.1 Å². The van der Waals surface area contributed by atoms with Gasteiger partial charge in [-0.25, -0.2) is 4.98 Å². The van der Waals surface area contributed by atoms with Gasteiger partial charge < -0.3 is 10.2 Å². The number of carbonyl (C=O) groups is 2. The first-order valence-corrected chi connectivity index (χ1v) is 14.9. The van der Waals surface area contributed by atoms with Gasteiger partial charge in [-0.15, -0.1) is 0 Å². The predicted octanol–water partition coefficient (Wildman–Crippen LogP) is 6.88. The van der Waals surface area contributed by atoms with E-state index in [1.807, 2.05) is 55.1 Å². The first-order valence-electron chi connectivity index (χ1n) is 14.5. The Kier molecular flexibility index (Phi) is 8.87. The fourth-order valence-corrected chi connectivity index (χ4v) is 6.24. The number of likely N-dealkylation sites (tertiary alicyclic amines) is 1. The van der Waals surface area contributed by atoms with Crippen molar-refractivity contribution in [2.24, 2.45) is 0 Å². The lowest BCUT2D eigenvalue weighted by atomic mass is 9.99. The summed E-state index contributed by atoms with van der Waals surface area (Å²) in [5.41, 5.74) is 5.78. The number of anilines is 1. The molecule has 210 valence electrons. The molecule has 40 heavy (non-hydrogen) atoms. The van der Waals surface area contributed by atoms with Gasteiger partial charge in [0.1, 0.15) is 11.9 Å². The van der Waals surface area contributed by atoms with Gasteiger partial charge >= 0.3 is 0 Å². The maximum Gasteiger partial charge on any atom is 0.255 e. The fourth-order valence-electron chi connectivity index (χ4n) is 6.12. The summed E-state index contributed by atoms with van der Waals surface area (Å²) in [6.07, 6.45) is 6.06. The second kappa shape index (κ2) is 12.5. The van der Waals surface area contributed by atoms with Crippen LogP contribution in [0.25, 0.3) is 0 Å². The van der Waals surface area contributed by atoms with Crippen molar-refractivity contribution in [3.05, 3.63) is 93.1 Å². The maximum atomic E-state index is 13.9. The van der Waals surface area contributed by atoms with Crippen LogP contribution in [0.2, 0.25) is 5.02 Å². The van der Waals surface area contributed by atoms with Gasteiger partial charge in [-0.2, -0.15) is 0 Å². The quantitative estimate of drug-likeness (QED) is 0.291. The highest BCUT2D eigenvalue weighted by molar-refractivity contribution is 6.31. The van der Waals surface area contributed by atoms with Crippen molar-refractivity contribution in [1.82, 2.24) is 14.8 Å². The number of aryl methyl sites for hydroxylation is 3. The third-order valence-corrected chi connectivity index (χ3v) is 8.58. The zero-order chi connectivity index (χ0) is 28.2. The van der Waals surface area contributed by atoms with Crippen LogP contribution in [0.15, 0.2) is 54.6 Å². The van der Waals surface area contributed by atoms with Gasteiger partial charge in [0.15, 0.2) is 0 Å². The second-order valence-corrected chi connectivity index (χ2v) is 11.6. The van der Waals surface area contributed by atoms with Crippen LogP contribution in [0.3, 0.4) is 0 Å². The third-order valence-electron chi connectivity index (χ3n) is 8.16. The molecule has 0 unspecified atom stereocenters. The number of hydrogen-bond donors (Lipinski definition) is 1. The largest absolute Gasteiger partial charge is 0.319 e. The molecule has 0 radical (unpaired) electrons. The molecule has 0 aliphatic carbocycles. The Balaban J connectivity index is 1.31. The summed E-state index contributed by atoms with van der Waals surface area (Å²) in [6.45, 7) is 8.75. The van der Waals surface area contributed by atoms with Crippen LogP contribution < -0.4 is 5.32 Å². The SMILES string of the molecule is CCCCCc1cc(C)nc(NC(=O)[C@@H]2c3ccccc3C(=O)N2C2CCN(Cc3ccc(Cl)c(C)c3)CC2)c1. The van der Waals surface area contributed by atoms with E-state index in [-0.39, 0.29) is 17.9 Å². The molecule has 0 saturated carbocycles. The van der Waals surface area contributed by atoms with Crippen molar-refractivity contribution in [3.63, 3.8) is 0 Å². The van der Waals surface area contributed by atoms with E-state index >= 15 is 0 Å². The number of unbranched alkanes of at least 4 members (excludes halogenated alkanes) is 2. The molecule has 0 spiro atoms. The Morgan fingerprint density at radius 3 is 2.55 bits per heavy atom. The van der Waals surface area contributed by atoms with E-state index in [0.29, 0.717) is 11.4 Å². The number of halogens is 1. The average molecular weight is 559 g/mol. The molecule has 1 atom stereocenters. The first kappa shape index (κ1) is 28.3. The summed E-state index contributed by atoms with van der Waals surface area (Å²) in [5, 5.41) is 3.86. The van der Waals surface area contributed by atoms with Crippen molar-refractivity contribution in [2.45, 2.75) is 77.9 Å². The molecule has 1 fully saturated rings.